The van der Waals surface area contributed by atoms with E-state index in [1.165, 1.54) is 6.42 Å². The van der Waals surface area contributed by atoms with Crippen molar-refractivity contribution >= 4 is 5.97 Å². The molecule has 3 nitrogen and oxygen atoms in total. The maximum Gasteiger partial charge on any atom is 0.303 e. The lowest BCUT2D eigenvalue weighted by molar-refractivity contribution is -0.157. The largest absolute Gasteiger partial charge is 0.481 e. The summed E-state index contributed by atoms with van der Waals surface area (Å²) in [6.07, 6.45) is 7.91. The van der Waals surface area contributed by atoms with Crippen LogP contribution in [0.1, 0.15) is 85.0 Å². The average molecular weight is 395 g/mol. The summed E-state index contributed by atoms with van der Waals surface area (Å²) in [7, 11) is 0. The molecule has 10 atom stereocenters. The van der Waals surface area contributed by atoms with Crippen LogP contribution in [0.3, 0.4) is 0 Å². The molecule has 0 saturated heterocycles. The Labute approximate surface area is 169 Å². The van der Waals surface area contributed by atoms with Crippen molar-refractivity contribution in [3.8, 4) is 0 Å². The number of hydrogen-bond donors (Lipinski definition) is 2. The third-order valence-corrected chi connectivity index (χ3v) is 10.2. The highest BCUT2D eigenvalue weighted by molar-refractivity contribution is 5.66. The number of carbonyl (C=O) groups is 1. The second kappa shape index (κ2) is 7.25. The molecule has 0 radical (unpaired) electrons. The molecule has 4 saturated carbocycles. The Hall–Kier alpha value is -0.640. The summed E-state index contributed by atoms with van der Waals surface area (Å²) in [5, 5.41) is 19.2. The second-order valence-corrected chi connectivity index (χ2v) is 11.3. The minimum absolute atomic E-state index is 0.167. The lowest BCUT2D eigenvalue weighted by Gasteiger charge is -2.62. The summed E-state index contributed by atoms with van der Waals surface area (Å²) < 4.78 is 15.6. The molecular weight excluding hydrogens is 355 g/mol. The third kappa shape index (κ3) is 3.13. The first kappa shape index (κ1) is 20.6. The summed E-state index contributed by atoms with van der Waals surface area (Å²) >= 11 is 0. The highest BCUT2D eigenvalue weighted by atomic mass is 19.1. The zero-order valence-corrected chi connectivity index (χ0v) is 17.9. The first-order chi connectivity index (χ1) is 13.2. The number of aliphatic hydroxyl groups is 1. The van der Waals surface area contributed by atoms with Gasteiger partial charge < -0.3 is 10.2 Å². The van der Waals surface area contributed by atoms with Crippen LogP contribution >= 0.6 is 0 Å². The zero-order valence-electron chi connectivity index (χ0n) is 17.9. The number of carboxylic acid groups (broad SMARTS) is 1. The van der Waals surface area contributed by atoms with E-state index < -0.39 is 12.1 Å². The lowest BCUT2D eigenvalue weighted by Crippen LogP contribution is -2.57. The zero-order chi connectivity index (χ0) is 20.3. The molecule has 0 aromatic carbocycles. The van der Waals surface area contributed by atoms with Gasteiger partial charge in [-0.25, -0.2) is 4.39 Å². The highest BCUT2D eigenvalue weighted by Gasteiger charge is 2.63. The van der Waals surface area contributed by atoms with Gasteiger partial charge in [-0.1, -0.05) is 20.8 Å². The Morgan fingerprint density at radius 3 is 2.46 bits per heavy atom. The standard InChI is InChI=1S/C24H39FO3/c1-14(4-7-21(27)28)17-5-6-18-22-19(9-11-24(17,18)3)23(2)10-8-16(26)12-15(23)13-20(22)25/h14-20,22,26H,4-13H2,1-3H3,(H,27,28)/t14-,15+,16-,17-,18+,19+,20-,22+,23+,24-/m1/s1. The molecule has 28 heavy (non-hydrogen) atoms. The van der Waals surface area contributed by atoms with Crippen molar-refractivity contribution < 1.29 is 19.4 Å². The van der Waals surface area contributed by atoms with Crippen molar-refractivity contribution in [3.63, 3.8) is 0 Å². The van der Waals surface area contributed by atoms with Crippen molar-refractivity contribution in [3.05, 3.63) is 0 Å². The van der Waals surface area contributed by atoms with Crippen molar-refractivity contribution in [1.29, 1.82) is 0 Å². The van der Waals surface area contributed by atoms with Gasteiger partial charge in [0.1, 0.15) is 6.17 Å². The van der Waals surface area contributed by atoms with E-state index in [2.05, 4.69) is 20.8 Å². The number of halogens is 1. The van der Waals surface area contributed by atoms with Crippen molar-refractivity contribution in [2.45, 2.75) is 97.3 Å². The van der Waals surface area contributed by atoms with Crippen LogP contribution in [-0.2, 0) is 4.79 Å². The van der Waals surface area contributed by atoms with Gasteiger partial charge >= 0.3 is 5.97 Å². The van der Waals surface area contributed by atoms with E-state index in [4.69, 9.17) is 5.11 Å². The van der Waals surface area contributed by atoms with Crippen LogP contribution in [0.25, 0.3) is 0 Å². The average Bonchev–Trinajstić information content (AvgIpc) is 2.98. The van der Waals surface area contributed by atoms with E-state index in [9.17, 15) is 9.90 Å². The van der Waals surface area contributed by atoms with E-state index in [0.717, 1.165) is 44.9 Å². The highest BCUT2D eigenvalue weighted by Crippen LogP contribution is 2.68. The summed E-state index contributed by atoms with van der Waals surface area (Å²) in [5.74, 6) is 1.64. The number of aliphatic hydroxyl groups excluding tert-OH is 1. The summed E-state index contributed by atoms with van der Waals surface area (Å²) in [5.41, 5.74) is 0.363. The summed E-state index contributed by atoms with van der Waals surface area (Å²) in [6, 6.07) is 0. The molecule has 0 unspecified atom stereocenters. The van der Waals surface area contributed by atoms with E-state index in [0.29, 0.717) is 36.0 Å². The van der Waals surface area contributed by atoms with E-state index >= 15 is 4.39 Å². The Morgan fingerprint density at radius 1 is 1.07 bits per heavy atom. The fourth-order valence-corrected chi connectivity index (χ4v) is 8.68. The van der Waals surface area contributed by atoms with Gasteiger partial charge in [0.2, 0.25) is 0 Å². The van der Waals surface area contributed by atoms with Crippen LogP contribution in [0.5, 0.6) is 0 Å². The van der Waals surface area contributed by atoms with E-state index in [-0.39, 0.29) is 29.3 Å². The Kier molecular flexibility index (Phi) is 5.34. The minimum atomic E-state index is -0.730. The number of aliphatic carboxylic acids is 1. The fraction of sp³-hybridized carbons (Fsp3) is 0.958. The molecule has 4 aliphatic rings. The molecule has 0 heterocycles. The molecule has 4 rings (SSSR count). The van der Waals surface area contributed by atoms with Crippen LogP contribution in [-0.4, -0.2) is 28.5 Å². The predicted molar refractivity (Wildman–Crippen MR) is 108 cm³/mol. The van der Waals surface area contributed by atoms with Crippen LogP contribution in [0.15, 0.2) is 0 Å². The fourth-order valence-electron chi connectivity index (χ4n) is 8.68. The first-order valence-electron chi connectivity index (χ1n) is 11.7. The van der Waals surface area contributed by atoms with Gasteiger partial charge in [-0.05, 0) is 104 Å². The van der Waals surface area contributed by atoms with Gasteiger partial charge in [0.05, 0.1) is 6.10 Å². The summed E-state index contributed by atoms with van der Waals surface area (Å²) in [6.45, 7) is 7.02. The number of hydrogen-bond acceptors (Lipinski definition) is 2. The first-order valence-corrected chi connectivity index (χ1v) is 11.7. The van der Waals surface area contributed by atoms with E-state index in [1.54, 1.807) is 0 Å². The van der Waals surface area contributed by atoms with Gasteiger partial charge in [-0.3, -0.25) is 4.79 Å². The van der Waals surface area contributed by atoms with Crippen LogP contribution < -0.4 is 0 Å². The van der Waals surface area contributed by atoms with Crippen molar-refractivity contribution in [2.24, 2.45) is 46.3 Å². The van der Waals surface area contributed by atoms with Crippen LogP contribution in [0.4, 0.5) is 4.39 Å². The Balaban J connectivity index is 1.55. The molecule has 4 aliphatic carbocycles. The molecule has 160 valence electrons. The normalized spacial score (nSPS) is 51.7. The van der Waals surface area contributed by atoms with E-state index in [1.807, 2.05) is 0 Å². The van der Waals surface area contributed by atoms with Gasteiger partial charge in [0, 0.05) is 6.42 Å². The Morgan fingerprint density at radius 2 is 1.75 bits per heavy atom. The predicted octanol–water partition coefficient (Wildman–Crippen LogP) is 5.46. The quantitative estimate of drug-likeness (QED) is 0.666. The smallest absolute Gasteiger partial charge is 0.303 e. The topological polar surface area (TPSA) is 57.5 Å². The molecule has 0 bridgehead atoms. The third-order valence-electron chi connectivity index (χ3n) is 10.2. The molecule has 4 heteroatoms. The minimum Gasteiger partial charge on any atom is -0.481 e. The van der Waals surface area contributed by atoms with Gasteiger partial charge in [0.25, 0.3) is 0 Å². The van der Waals surface area contributed by atoms with Crippen LogP contribution in [0, 0.1) is 46.3 Å². The number of rotatable bonds is 4. The number of fused-ring (bicyclic) bond motifs is 5. The SMILES string of the molecule is C[C@H](CCC(=O)O)[C@H]1CC[C@H]2[C@@H]3[C@H](F)C[C@@H]4C[C@H](O)CC[C@]4(C)[C@H]3CC[C@]12C. The van der Waals surface area contributed by atoms with Crippen molar-refractivity contribution in [1.82, 2.24) is 0 Å². The lowest BCUT2D eigenvalue weighted by atomic mass is 9.44. The Bertz CT molecular complexity index is 609. The molecule has 0 aromatic heterocycles. The summed E-state index contributed by atoms with van der Waals surface area (Å²) in [4.78, 5) is 11.0. The molecule has 0 spiro atoms. The van der Waals surface area contributed by atoms with Gasteiger partial charge in [-0.15, -0.1) is 0 Å². The monoisotopic (exact) mass is 394 g/mol. The number of carboxylic acids is 1. The van der Waals surface area contributed by atoms with Crippen molar-refractivity contribution in [2.75, 3.05) is 0 Å². The van der Waals surface area contributed by atoms with Gasteiger partial charge in [0.15, 0.2) is 0 Å². The van der Waals surface area contributed by atoms with Crippen LogP contribution in [0.2, 0.25) is 0 Å². The molecule has 2 N–H and O–H groups in total. The molecule has 0 amide bonds. The number of alkyl halides is 1. The second-order valence-electron chi connectivity index (χ2n) is 11.3. The molecule has 0 aromatic rings. The molecule has 4 fully saturated rings. The maximum atomic E-state index is 15.6. The molecular formula is C24H39FO3. The maximum absolute atomic E-state index is 15.6. The molecule has 0 aliphatic heterocycles. The van der Waals surface area contributed by atoms with Gasteiger partial charge in [-0.2, -0.15) is 0 Å².